The summed E-state index contributed by atoms with van der Waals surface area (Å²) in [6, 6.07) is 74.5. The second kappa shape index (κ2) is 12.8. The van der Waals surface area contributed by atoms with Crippen LogP contribution in [0.5, 0.6) is 0 Å². The van der Waals surface area contributed by atoms with Crippen molar-refractivity contribution in [3.63, 3.8) is 0 Å². The van der Waals surface area contributed by atoms with Crippen LogP contribution in [-0.4, -0.2) is 0 Å². The third-order valence-electron chi connectivity index (χ3n) is 12.7. The van der Waals surface area contributed by atoms with Gasteiger partial charge in [-0.15, -0.1) is 0 Å². The van der Waals surface area contributed by atoms with Crippen LogP contribution in [0.1, 0.15) is 0 Å². The molecular weight excluding hydrogens is 729 g/mol. The van der Waals surface area contributed by atoms with E-state index >= 15 is 0 Å². The van der Waals surface area contributed by atoms with Crippen molar-refractivity contribution < 1.29 is 8.83 Å². The Kier molecular flexibility index (Phi) is 7.05. The van der Waals surface area contributed by atoms with Gasteiger partial charge in [0.15, 0.2) is 0 Å². The first-order valence-corrected chi connectivity index (χ1v) is 20.6. The van der Waals surface area contributed by atoms with Crippen LogP contribution < -0.4 is 0 Å². The van der Waals surface area contributed by atoms with E-state index < -0.39 is 0 Å². The molecule has 11 aromatic carbocycles. The van der Waals surface area contributed by atoms with Crippen LogP contribution in [-0.2, 0) is 0 Å². The highest BCUT2D eigenvalue weighted by Gasteiger charge is 2.22. The first-order chi connectivity index (χ1) is 29.8. The molecule has 0 atom stereocenters. The molecule has 0 bridgehead atoms. The van der Waals surface area contributed by atoms with Gasteiger partial charge in [-0.05, 0) is 88.6 Å². The Bertz CT molecular complexity index is 3590. The smallest absolute Gasteiger partial charge is 0.143 e. The van der Waals surface area contributed by atoms with Crippen LogP contribution in [0.4, 0.5) is 0 Å². The van der Waals surface area contributed by atoms with Gasteiger partial charge in [0.25, 0.3) is 0 Å². The molecule has 0 fully saturated rings. The molecule has 278 valence electrons. The lowest BCUT2D eigenvalue weighted by Gasteiger charge is -2.21. The standard InChI is InChI=1S/C58H34O2/c1-3-17-37-35(15-1)39(49-25-13-27-51-41-19-9-11-29-53(41)59-57(49)51)31-33-47(37)55-43-21-5-7-23-45(43)56(46-24-8-6-22-44(46)55)48-34-32-40(36-16-2-4-18-38(36)48)50-26-14-28-52-42-20-10-12-30-54(42)60-58(50)52/h1-34H. The van der Waals surface area contributed by atoms with E-state index in [1.54, 1.807) is 0 Å². The molecule has 60 heavy (non-hydrogen) atoms. The van der Waals surface area contributed by atoms with Crippen LogP contribution in [0.25, 0.3) is 131 Å². The minimum atomic E-state index is 0.907. The molecule has 2 aromatic heterocycles. The summed E-state index contributed by atoms with van der Waals surface area (Å²) in [7, 11) is 0. The second-order valence-corrected chi connectivity index (χ2v) is 15.8. The molecule has 0 saturated heterocycles. The van der Waals surface area contributed by atoms with Crippen LogP contribution in [0.2, 0.25) is 0 Å². The first-order valence-electron chi connectivity index (χ1n) is 20.6. The van der Waals surface area contributed by atoms with Crippen molar-refractivity contribution in [2.45, 2.75) is 0 Å². The molecule has 0 aliphatic rings. The van der Waals surface area contributed by atoms with Crippen LogP contribution in [0.15, 0.2) is 215 Å². The molecule has 0 N–H and O–H groups in total. The summed E-state index contributed by atoms with van der Waals surface area (Å²) in [6.07, 6.45) is 0. The monoisotopic (exact) mass is 762 g/mol. The van der Waals surface area contributed by atoms with E-state index in [1.807, 2.05) is 12.1 Å². The first kappa shape index (κ1) is 33.1. The number of para-hydroxylation sites is 4. The summed E-state index contributed by atoms with van der Waals surface area (Å²) in [4.78, 5) is 0. The summed E-state index contributed by atoms with van der Waals surface area (Å²) in [6.45, 7) is 0. The molecule has 2 heteroatoms. The maximum atomic E-state index is 6.56. The predicted octanol–water partition coefficient (Wildman–Crippen LogP) is 16.8. The zero-order chi connectivity index (χ0) is 39.3. The van der Waals surface area contributed by atoms with Crippen LogP contribution >= 0.6 is 0 Å². The van der Waals surface area contributed by atoms with E-state index in [0.29, 0.717) is 0 Å². The third-order valence-corrected chi connectivity index (χ3v) is 12.7. The quantitative estimate of drug-likeness (QED) is 0.167. The van der Waals surface area contributed by atoms with Gasteiger partial charge in [0.05, 0.1) is 0 Å². The van der Waals surface area contributed by atoms with Gasteiger partial charge in [-0.25, -0.2) is 0 Å². The fourth-order valence-electron chi connectivity index (χ4n) is 10.1. The van der Waals surface area contributed by atoms with E-state index in [-0.39, 0.29) is 0 Å². The SMILES string of the molecule is c1ccc2c(c1)oc1c(-c3ccc(-c4c5ccccc5c(-c5ccc(-c6cccc7c6oc6ccccc67)c6ccccc56)c5ccccc45)c4ccccc34)cccc12. The maximum Gasteiger partial charge on any atom is 0.143 e. The molecule has 0 radical (unpaired) electrons. The van der Waals surface area contributed by atoms with Gasteiger partial charge in [0, 0.05) is 32.7 Å². The van der Waals surface area contributed by atoms with Crippen LogP contribution in [0, 0.1) is 0 Å². The van der Waals surface area contributed by atoms with Crippen molar-refractivity contribution in [1.82, 2.24) is 0 Å². The van der Waals surface area contributed by atoms with Crippen molar-refractivity contribution in [3.05, 3.63) is 206 Å². The number of rotatable bonds is 4. The molecule has 2 nitrogen and oxygen atoms in total. The Balaban J connectivity index is 1.05. The van der Waals surface area contributed by atoms with Gasteiger partial charge >= 0.3 is 0 Å². The van der Waals surface area contributed by atoms with E-state index in [0.717, 1.165) is 66.1 Å². The lowest BCUT2D eigenvalue weighted by Crippen LogP contribution is -1.93. The van der Waals surface area contributed by atoms with Gasteiger partial charge in [-0.2, -0.15) is 0 Å². The van der Waals surface area contributed by atoms with E-state index in [4.69, 9.17) is 8.83 Å². The molecule has 0 spiro atoms. The highest BCUT2D eigenvalue weighted by atomic mass is 16.3. The summed E-state index contributed by atoms with van der Waals surface area (Å²) in [5.41, 5.74) is 13.1. The molecule has 0 saturated carbocycles. The Hall–Kier alpha value is -7.94. The maximum absolute atomic E-state index is 6.56. The molecule has 13 aromatic rings. The third kappa shape index (κ3) is 4.70. The lowest BCUT2D eigenvalue weighted by atomic mass is 9.82. The van der Waals surface area contributed by atoms with Crippen molar-refractivity contribution in [3.8, 4) is 44.5 Å². The van der Waals surface area contributed by atoms with Gasteiger partial charge in [0.2, 0.25) is 0 Å². The van der Waals surface area contributed by atoms with Crippen molar-refractivity contribution in [2.75, 3.05) is 0 Å². The summed E-state index contributed by atoms with van der Waals surface area (Å²) < 4.78 is 13.1. The van der Waals surface area contributed by atoms with E-state index in [9.17, 15) is 0 Å². The Morgan fingerprint density at radius 2 is 0.467 bits per heavy atom. The fraction of sp³-hybridized carbons (Fsp3) is 0. The Morgan fingerprint density at radius 1 is 0.183 bits per heavy atom. The molecule has 0 amide bonds. The Morgan fingerprint density at radius 3 is 0.850 bits per heavy atom. The summed E-state index contributed by atoms with van der Waals surface area (Å²) >= 11 is 0. The summed E-state index contributed by atoms with van der Waals surface area (Å²) in [5, 5.41) is 14.3. The number of hydrogen-bond acceptors (Lipinski definition) is 2. The van der Waals surface area contributed by atoms with Crippen molar-refractivity contribution >= 4 is 87.0 Å². The normalized spacial score (nSPS) is 12.0. The molecule has 0 unspecified atom stereocenters. The fourth-order valence-corrected chi connectivity index (χ4v) is 10.1. The highest BCUT2D eigenvalue weighted by Crippen LogP contribution is 2.49. The zero-order valence-corrected chi connectivity index (χ0v) is 32.4. The van der Waals surface area contributed by atoms with Crippen molar-refractivity contribution in [2.24, 2.45) is 0 Å². The van der Waals surface area contributed by atoms with Crippen LogP contribution in [0.3, 0.4) is 0 Å². The zero-order valence-electron chi connectivity index (χ0n) is 32.4. The van der Waals surface area contributed by atoms with Gasteiger partial charge < -0.3 is 8.83 Å². The average molecular weight is 763 g/mol. The van der Waals surface area contributed by atoms with Gasteiger partial charge in [0.1, 0.15) is 22.3 Å². The molecule has 0 aliphatic carbocycles. The topological polar surface area (TPSA) is 26.3 Å². The minimum Gasteiger partial charge on any atom is -0.455 e. The molecule has 2 heterocycles. The highest BCUT2D eigenvalue weighted by molar-refractivity contribution is 6.27. The molecular formula is C58H34O2. The predicted molar refractivity (Wildman–Crippen MR) is 253 cm³/mol. The van der Waals surface area contributed by atoms with Crippen molar-refractivity contribution in [1.29, 1.82) is 0 Å². The Labute approximate surface area is 345 Å². The minimum absolute atomic E-state index is 0.907. The summed E-state index contributed by atoms with van der Waals surface area (Å²) in [5.74, 6) is 0. The van der Waals surface area contributed by atoms with E-state index in [2.05, 4.69) is 194 Å². The van der Waals surface area contributed by atoms with E-state index in [1.165, 1.54) is 65.3 Å². The molecule has 0 aliphatic heterocycles. The number of fused-ring (bicyclic) bond motifs is 10. The number of furan rings is 2. The number of hydrogen-bond donors (Lipinski definition) is 0. The largest absolute Gasteiger partial charge is 0.455 e. The lowest BCUT2D eigenvalue weighted by molar-refractivity contribution is 0.669. The van der Waals surface area contributed by atoms with Gasteiger partial charge in [-0.3, -0.25) is 0 Å². The number of benzene rings is 11. The average Bonchev–Trinajstić information content (AvgIpc) is 3.89. The molecule has 13 rings (SSSR count). The second-order valence-electron chi connectivity index (χ2n) is 15.8. The van der Waals surface area contributed by atoms with Gasteiger partial charge in [-0.1, -0.05) is 194 Å².